The summed E-state index contributed by atoms with van der Waals surface area (Å²) in [5.74, 6) is 0.236. The Balaban J connectivity index is 1.51. The van der Waals surface area contributed by atoms with Gasteiger partial charge in [-0.1, -0.05) is 41.9 Å². The highest BCUT2D eigenvalue weighted by Crippen LogP contribution is 2.35. The van der Waals surface area contributed by atoms with E-state index in [9.17, 15) is 19.3 Å². The van der Waals surface area contributed by atoms with Crippen LogP contribution in [0.15, 0.2) is 99.2 Å². The summed E-state index contributed by atoms with van der Waals surface area (Å²) < 4.78 is 32.0. The van der Waals surface area contributed by atoms with E-state index in [1.807, 2.05) is 0 Å². The molecule has 0 N–H and O–H groups in total. The fourth-order valence-corrected chi connectivity index (χ4v) is 4.82. The van der Waals surface area contributed by atoms with Gasteiger partial charge in [-0.2, -0.15) is 9.78 Å². The van der Waals surface area contributed by atoms with Crippen LogP contribution in [-0.2, 0) is 6.61 Å². The lowest BCUT2D eigenvalue weighted by atomic mass is 10.1. The van der Waals surface area contributed by atoms with Gasteiger partial charge in [-0.3, -0.25) is 14.9 Å². The summed E-state index contributed by atoms with van der Waals surface area (Å²) >= 11 is 6.22. The minimum Gasteiger partial charge on any atom is -0.496 e. The molecule has 0 bridgehead atoms. The van der Waals surface area contributed by atoms with Crippen molar-refractivity contribution in [3.8, 4) is 23.1 Å². The Morgan fingerprint density at radius 1 is 1.07 bits per heavy atom. The average Bonchev–Trinajstić information content (AvgIpc) is 3.44. The number of ether oxygens (including phenoxy) is 2. The second-order valence-electron chi connectivity index (χ2n) is 9.32. The molecule has 0 saturated heterocycles. The van der Waals surface area contributed by atoms with Crippen molar-refractivity contribution < 1.29 is 23.2 Å². The van der Waals surface area contributed by atoms with E-state index in [1.54, 1.807) is 54.6 Å². The summed E-state index contributed by atoms with van der Waals surface area (Å²) in [6, 6.07) is 21.9. The van der Waals surface area contributed by atoms with Crippen molar-refractivity contribution in [1.29, 1.82) is 0 Å². The Hall–Kier alpha value is -5.55. The van der Waals surface area contributed by atoms with Crippen LogP contribution in [0.4, 0.5) is 10.1 Å². The van der Waals surface area contributed by atoms with Crippen molar-refractivity contribution in [1.82, 2.24) is 9.66 Å². The minimum atomic E-state index is -0.652. The van der Waals surface area contributed by atoms with E-state index in [2.05, 4.69) is 10.1 Å². The molecule has 6 rings (SSSR count). The van der Waals surface area contributed by atoms with Crippen LogP contribution >= 0.6 is 11.6 Å². The van der Waals surface area contributed by atoms with Crippen molar-refractivity contribution in [3.63, 3.8) is 0 Å². The topological polar surface area (TPSA) is 122 Å². The quantitative estimate of drug-likeness (QED) is 0.105. The highest BCUT2D eigenvalue weighted by atomic mass is 35.5. The van der Waals surface area contributed by atoms with Gasteiger partial charge in [0.15, 0.2) is 5.76 Å². The van der Waals surface area contributed by atoms with Crippen molar-refractivity contribution in [2.75, 3.05) is 7.11 Å². The highest BCUT2D eigenvalue weighted by Gasteiger charge is 2.22. The summed E-state index contributed by atoms with van der Waals surface area (Å²) in [4.78, 5) is 29.6. The Morgan fingerprint density at radius 2 is 1.88 bits per heavy atom. The summed E-state index contributed by atoms with van der Waals surface area (Å²) in [7, 11) is 1.54. The van der Waals surface area contributed by atoms with Crippen LogP contribution in [0.1, 0.15) is 11.1 Å². The first-order valence-electron chi connectivity index (χ1n) is 12.8. The van der Waals surface area contributed by atoms with E-state index < -0.39 is 22.0 Å². The number of hydrogen-bond donors (Lipinski definition) is 0. The first-order valence-corrected chi connectivity index (χ1v) is 13.2. The van der Waals surface area contributed by atoms with Crippen LogP contribution in [0, 0.1) is 15.9 Å². The molecule has 0 radical (unpaired) electrons. The fraction of sp³-hybridized carbons (Fsp3) is 0.0645. The molecule has 0 unspecified atom stereocenters. The molecule has 6 aromatic rings. The van der Waals surface area contributed by atoms with Gasteiger partial charge in [-0.15, -0.1) is 0 Å². The predicted molar refractivity (Wildman–Crippen MR) is 160 cm³/mol. The second kappa shape index (κ2) is 11.4. The van der Waals surface area contributed by atoms with Gasteiger partial charge in [0, 0.05) is 16.7 Å². The molecule has 0 aliphatic rings. The first kappa shape index (κ1) is 27.6. The molecule has 2 heterocycles. The number of fused-ring (bicyclic) bond motifs is 2. The van der Waals surface area contributed by atoms with Crippen LogP contribution in [0.3, 0.4) is 0 Å². The zero-order chi connectivity index (χ0) is 30.1. The van der Waals surface area contributed by atoms with E-state index in [-0.39, 0.29) is 39.9 Å². The van der Waals surface area contributed by atoms with Crippen LogP contribution in [-0.4, -0.2) is 27.9 Å². The third kappa shape index (κ3) is 5.41. The number of rotatable bonds is 8. The van der Waals surface area contributed by atoms with E-state index in [0.717, 1.165) is 10.7 Å². The molecule has 12 heteroatoms. The summed E-state index contributed by atoms with van der Waals surface area (Å²) in [6.07, 6.45) is 1.21. The molecule has 2 aromatic heterocycles. The smallest absolute Gasteiger partial charge is 0.313 e. The van der Waals surface area contributed by atoms with Crippen molar-refractivity contribution in [3.05, 3.63) is 127 Å². The average molecular weight is 599 g/mol. The summed E-state index contributed by atoms with van der Waals surface area (Å²) in [5.41, 5.74) is 0.532. The van der Waals surface area contributed by atoms with E-state index >= 15 is 0 Å². The first-order chi connectivity index (χ1) is 20.8. The Kier molecular flexibility index (Phi) is 7.31. The molecular weight excluding hydrogens is 579 g/mol. The van der Waals surface area contributed by atoms with Crippen LogP contribution in [0.25, 0.3) is 33.5 Å². The van der Waals surface area contributed by atoms with Gasteiger partial charge in [0.1, 0.15) is 23.8 Å². The van der Waals surface area contributed by atoms with E-state index in [0.29, 0.717) is 27.8 Å². The third-order valence-corrected chi connectivity index (χ3v) is 6.78. The predicted octanol–water partition coefficient (Wildman–Crippen LogP) is 6.98. The zero-order valence-corrected chi connectivity index (χ0v) is 23.1. The van der Waals surface area contributed by atoms with Gasteiger partial charge in [-0.05, 0) is 54.1 Å². The number of hydrogen-bond acceptors (Lipinski definition) is 8. The maximum Gasteiger partial charge on any atom is 0.313 e. The molecule has 0 fully saturated rings. The standard InChI is InChI=1S/C31H20ClFN4O6/c1-41-26-10-5-11-27-23(26)15-28(43-27)30-35-24-9-3-2-8-22(24)31(38)36(30)34-16-19-13-20(32)14-25(37(39)40)29(19)42-17-18-6-4-7-21(33)12-18/h2-16H,17H2,1H3. The van der Waals surface area contributed by atoms with Crippen LogP contribution in [0.5, 0.6) is 11.5 Å². The van der Waals surface area contributed by atoms with Gasteiger partial charge >= 0.3 is 5.69 Å². The minimum absolute atomic E-state index is 0.0415. The van der Waals surface area contributed by atoms with E-state index in [4.69, 9.17) is 25.5 Å². The summed E-state index contributed by atoms with van der Waals surface area (Å²) in [5, 5.41) is 17.3. The fourth-order valence-electron chi connectivity index (χ4n) is 4.60. The number of aromatic nitrogens is 2. The SMILES string of the molecule is COc1cccc2oc(-c3nc4ccccc4c(=O)n3N=Cc3cc(Cl)cc([N+](=O)[O-])c3OCc3cccc(F)c3)cc12. The van der Waals surface area contributed by atoms with Gasteiger partial charge < -0.3 is 13.9 Å². The number of nitro benzene ring substituents is 1. The number of furan rings is 1. The van der Waals surface area contributed by atoms with Gasteiger partial charge in [0.25, 0.3) is 5.56 Å². The van der Waals surface area contributed by atoms with Gasteiger partial charge in [0.2, 0.25) is 11.6 Å². The largest absolute Gasteiger partial charge is 0.496 e. The number of halogens is 2. The molecule has 0 aliphatic carbocycles. The molecule has 43 heavy (non-hydrogen) atoms. The normalized spacial score (nSPS) is 11.4. The molecule has 0 amide bonds. The second-order valence-corrected chi connectivity index (χ2v) is 9.75. The molecule has 0 spiro atoms. The van der Waals surface area contributed by atoms with Crippen LogP contribution < -0.4 is 15.0 Å². The number of methoxy groups -OCH3 is 1. The molecule has 0 aliphatic heterocycles. The molecule has 0 saturated carbocycles. The molecule has 214 valence electrons. The lowest BCUT2D eigenvalue weighted by molar-refractivity contribution is -0.385. The molecule has 0 atom stereocenters. The van der Waals surface area contributed by atoms with Crippen molar-refractivity contribution in [2.24, 2.45) is 5.10 Å². The zero-order valence-electron chi connectivity index (χ0n) is 22.4. The number of nitrogens with zero attached hydrogens (tertiary/aromatic N) is 4. The molecular formula is C31H20ClFN4O6. The Bertz CT molecular complexity index is 2120. The number of nitro groups is 1. The van der Waals surface area contributed by atoms with E-state index in [1.165, 1.54) is 37.6 Å². The maximum absolute atomic E-state index is 13.7. The van der Waals surface area contributed by atoms with Crippen molar-refractivity contribution in [2.45, 2.75) is 6.61 Å². The Morgan fingerprint density at radius 3 is 2.67 bits per heavy atom. The third-order valence-electron chi connectivity index (χ3n) is 6.56. The van der Waals surface area contributed by atoms with Gasteiger partial charge in [0.05, 0.1) is 34.5 Å². The lowest BCUT2D eigenvalue weighted by Gasteiger charge is -2.11. The Labute approximate surface area is 247 Å². The molecule has 4 aromatic carbocycles. The lowest BCUT2D eigenvalue weighted by Crippen LogP contribution is -2.20. The number of para-hydroxylation sites is 1. The van der Waals surface area contributed by atoms with Crippen LogP contribution in [0.2, 0.25) is 5.02 Å². The van der Waals surface area contributed by atoms with Crippen molar-refractivity contribution >= 4 is 45.4 Å². The summed E-state index contributed by atoms with van der Waals surface area (Å²) in [6.45, 7) is -0.176. The van der Waals surface area contributed by atoms with Gasteiger partial charge in [-0.25, -0.2) is 9.37 Å². The molecule has 10 nitrogen and oxygen atoms in total. The maximum atomic E-state index is 13.7. The highest BCUT2D eigenvalue weighted by molar-refractivity contribution is 6.31. The monoisotopic (exact) mass is 598 g/mol. The number of benzene rings is 4.